The lowest BCUT2D eigenvalue weighted by molar-refractivity contribution is -0.117. The van der Waals surface area contributed by atoms with Gasteiger partial charge in [0.15, 0.2) is 11.0 Å². The van der Waals surface area contributed by atoms with Crippen molar-refractivity contribution in [2.24, 2.45) is 0 Å². The monoisotopic (exact) mass is 387 g/mol. The number of carbonyl (C=O) groups excluding carboxylic acids is 2. The highest BCUT2D eigenvalue weighted by atomic mass is 32.2. The van der Waals surface area contributed by atoms with E-state index in [-0.39, 0.29) is 17.6 Å². The van der Waals surface area contributed by atoms with E-state index in [1.165, 1.54) is 23.1 Å². The molecule has 1 N–H and O–H groups in total. The van der Waals surface area contributed by atoms with Crippen LogP contribution in [-0.2, 0) is 11.3 Å². The highest BCUT2D eigenvalue weighted by Gasteiger charge is 2.16. The van der Waals surface area contributed by atoms with E-state index in [0.29, 0.717) is 10.0 Å². The summed E-state index contributed by atoms with van der Waals surface area (Å²) in [7, 11) is 0. The highest BCUT2D eigenvalue weighted by molar-refractivity contribution is 7.99. The standard InChI is InChI=1S/C17H17N5O2S2/c1-2-9-22-15(12-5-7-18-8-6-12)20-21-17(22)26-11-14(23)19-16(24)13-4-3-10-25-13/h3-8,10H,2,9,11H2,1H3,(H,19,23,24). The quantitative estimate of drug-likeness (QED) is 0.627. The predicted molar refractivity (Wildman–Crippen MR) is 101 cm³/mol. The zero-order valence-electron chi connectivity index (χ0n) is 14.1. The third kappa shape index (κ3) is 4.36. The van der Waals surface area contributed by atoms with Crippen molar-refractivity contribution < 1.29 is 9.59 Å². The first-order valence-corrected chi connectivity index (χ1v) is 9.89. The number of pyridine rings is 1. The summed E-state index contributed by atoms with van der Waals surface area (Å²) in [6, 6.07) is 7.19. The third-order valence-corrected chi connectivity index (χ3v) is 5.27. The largest absolute Gasteiger partial charge is 0.302 e. The summed E-state index contributed by atoms with van der Waals surface area (Å²) in [5.41, 5.74) is 0.921. The molecular formula is C17H17N5O2S2. The number of amides is 2. The molecule has 9 heteroatoms. The number of nitrogens with zero attached hydrogens (tertiary/aromatic N) is 4. The highest BCUT2D eigenvalue weighted by Crippen LogP contribution is 2.24. The summed E-state index contributed by atoms with van der Waals surface area (Å²) in [6.07, 6.45) is 4.32. The average molecular weight is 387 g/mol. The average Bonchev–Trinajstić information content (AvgIpc) is 3.31. The van der Waals surface area contributed by atoms with Crippen molar-refractivity contribution in [3.8, 4) is 11.4 Å². The van der Waals surface area contributed by atoms with Crippen molar-refractivity contribution in [3.63, 3.8) is 0 Å². The number of aromatic nitrogens is 4. The summed E-state index contributed by atoms with van der Waals surface area (Å²) in [4.78, 5) is 28.5. The Morgan fingerprint density at radius 3 is 2.73 bits per heavy atom. The molecule has 0 atom stereocenters. The minimum absolute atomic E-state index is 0.0926. The summed E-state index contributed by atoms with van der Waals surface area (Å²) < 4.78 is 1.98. The molecular weight excluding hydrogens is 370 g/mol. The number of hydrogen-bond acceptors (Lipinski definition) is 7. The smallest absolute Gasteiger partial charge is 0.267 e. The van der Waals surface area contributed by atoms with Crippen molar-refractivity contribution in [3.05, 3.63) is 46.9 Å². The molecule has 0 aliphatic rings. The number of rotatable bonds is 7. The fraction of sp³-hybridized carbons (Fsp3) is 0.235. The molecule has 0 fully saturated rings. The molecule has 0 bridgehead atoms. The van der Waals surface area contributed by atoms with Gasteiger partial charge in [-0.25, -0.2) is 0 Å². The van der Waals surface area contributed by atoms with Gasteiger partial charge in [-0.3, -0.25) is 19.9 Å². The third-order valence-electron chi connectivity index (χ3n) is 3.43. The van der Waals surface area contributed by atoms with E-state index in [1.54, 1.807) is 29.9 Å². The Morgan fingerprint density at radius 1 is 1.23 bits per heavy atom. The number of carbonyl (C=O) groups is 2. The molecule has 0 spiro atoms. The summed E-state index contributed by atoms with van der Waals surface area (Å²) in [6.45, 7) is 2.81. The molecule has 3 aromatic heterocycles. The van der Waals surface area contributed by atoms with Gasteiger partial charge in [0.25, 0.3) is 5.91 Å². The maximum Gasteiger partial charge on any atom is 0.267 e. The lowest BCUT2D eigenvalue weighted by atomic mass is 10.2. The SMILES string of the molecule is CCCn1c(SCC(=O)NC(=O)c2cccs2)nnc1-c1ccncc1. The van der Waals surface area contributed by atoms with Crippen LogP contribution in [0.3, 0.4) is 0 Å². The van der Waals surface area contributed by atoms with Gasteiger partial charge >= 0.3 is 0 Å². The van der Waals surface area contributed by atoms with Gasteiger partial charge in [0.05, 0.1) is 10.6 Å². The molecule has 26 heavy (non-hydrogen) atoms. The first kappa shape index (κ1) is 18.3. The van der Waals surface area contributed by atoms with Crippen molar-refractivity contribution >= 4 is 34.9 Å². The van der Waals surface area contributed by atoms with Crippen LogP contribution in [0.1, 0.15) is 23.0 Å². The van der Waals surface area contributed by atoms with Crippen LogP contribution in [0.15, 0.2) is 47.2 Å². The number of hydrogen-bond donors (Lipinski definition) is 1. The summed E-state index contributed by atoms with van der Waals surface area (Å²) in [5.74, 6) is 0.102. The number of nitrogens with one attached hydrogen (secondary N) is 1. The Morgan fingerprint density at radius 2 is 2.04 bits per heavy atom. The Hall–Kier alpha value is -2.52. The zero-order valence-corrected chi connectivity index (χ0v) is 15.7. The van der Waals surface area contributed by atoms with E-state index in [1.807, 2.05) is 16.7 Å². The number of thiophene rings is 1. The molecule has 0 saturated heterocycles. The van der Waals surface area contributed by atoms with Crippen LogP contribution in [-0.4, -0.2) is 37.3 Å². The van der Waals surface area contributed by atoms with Crippen molar-refractivity contribution in [1.82, 2.24) is 25.1 Å². The van der Waals surface area contributed by atoms with Gasteiger partial charge in [-0.1, -0.05) is 24.8 Å². The van der Waals surface area contributed by atoms with E-state index >= 15 is 0 Å². The maximum absolute atomic E-state index is 12.1. The number of imide groups is 1. The molecule has 2 amide bonds. The predicted octanol–water partition coefficient (Wildman–Crippen LogP) is 2.86. The second-order valence-electron chi connectivity index (χ2n) is 5.34. The van der Waals surface area contributed by atoms with Gasteiger partial charge in [-0.05, 0) is 30.0 Å². The van der Waals surface area contributed by atoms with Crippen LogP contribution in [0.2, 0.25) is 0 Å². The van der Waals surface area contributed by atoms with E-state index < -0.39 is 0 Å². The minimum Gasteiger partial charge on any atom is -0.302 e. The number of thioether (sulfide) groups is 1. The van der Waals surface area contributed by atoms with E-state index in [9.17, 15) is 9.59 Å². The first-order chi connectivity index (χ1) is 12.7. The second-order valence-corrected chi connectivity index (χ2v) is 7.23. The molecule has 0 saturated carbocycles. The van der Waals surface area contributed by atoms with Crippen molar-refractivity contribution in [2.45, 2.75) is 25.0 Å². The molecule has 0 radical (unpaired) electrons. The molecule has 134 valence electrons. The Kier molecular flexibility index (Phi) is 6.13. The molecule has 0 aliphatic heterocycles. The minimum atomic E-state index is -0.377. The van der Waals surface area contributed by atoms with Gasteiger partial charge in [0, 0.05) is 24.5 Å². The Bertz CT molecular complexity index is 878. The molecule has 3 aromatic rings. The molecule has 7 nitrogen and oxygen atoms in total. The van der Waals surface area contributed by atoms with Crippen molar-refractivity contribution in [1.29, 1.82) is 0 Å². The normalized spacial score (nSPS) is 10.7. The van der Waals surface area contributed by atoms with Gasteiger partial charge in [-0.2, -0.15) is 0 Å². The van der Waals surface area contributed by atoms with Gasteiger partial charge in [0.1, 0.15) is 0 Å². The van der Waals surface area contributed by atoms with Crippen molar-refractivity contribution in [2.75, 3.05) is 5.75 Å². The van der Waals surface area contributed by atoms with Crippen LogP contribution >= 0.6 is 23.1 Å². The zero-order chi connectivity index (χ0) is 18.4. The summed E-state index contributed by atoms with van der Waals surface area (Å²) in [5, 5.41) is 13.3. The molecule has 0 aliphatic carbocycles. The van der Waals surface area contributed by atoms with E-state index in [4.69, 9.17) is 0 Å². The van der Waals surface area contributed by atoms with E-state index in [2.05, 4.69) is 27.4 Å². The van der Waals surface area contributed by atoms with Gasteiger partial charge in [0.2, 0.25) is 5.91 Å². The fourth-order valence-corrected chi connectivity index (χ4v) is 3.68. The van der Waals surface area contributed by atoms with E-state index in [0.717, 1.165) is 24.4 Å². The first-order valence-electron chi connectivity index (χ1n) is 8.03. The maximum atomic E-state index is 12.1. The lowest BCUT2D eigenvalue weighted by Gasteiger charge is -2.08. The lowest BCUT2D eigenvalue weighted by Crippen LogP contribution is -2.31. The van der Waals surface area contributed by atoms with Crippen LogP contribution in [0.25, 0.3) is 11.4 Å². The second kappa shape index (κ2) is 8.72. The Labute approximate surface area is 158 Å². The van der Waals surface area contributed by atoms with Crippen LogP contribution in [0, 0.1) is 0 Å². The van der Waals surface area contributed by atoms with Crippen LogP contribution in [0.4, 0.5) is 0 Å². The fourth-order valence-electron chi connectivity index (χ4n) is 2.30. The van der Waals surface area contributed by atoms with Gasteiger partial charge in [-0.15, -0.1) is 21.5 Å². The Balaban J connectivity index is 1.67. The summed E-state index contributed by atoms with van der Waals surface area (Å²) >= 11 is 2.56. The van der Waals surface area contributed by atoms with Gasteiger partial charge < -0.3 is 4.57 Å². The molecule has 3 rings (SSSR count). The molecule has 0 aromatic carbocycles. The van der Waals surface area contributed by atoms with Crippen LogP contribution < -0.4 is 5.32 Å². The molecule has 0 unspecified atom stereocenters. The van der Waals surface area contributed by atoms with Crippen LogP contribution in [0.5, 0.6) is 0 Å². The topological polar surface area (TPSA) is 89.8 Å². The molecule has 3 heterocycles.